The summed E-state index contributed by atoms with van der Waals surface area (Å²) in [6.45, 7) is 4.07. The first kappa shape index (κ1) is 22.0. The standard InChI is InChI=1S/C23H25N5O3S/c29-21(17-26-11-13-27(14-12-26)19-6-2-1-3-7-19)25-9-10-28-22(30)20(32-23(28)31)15-18-5-4-8-24-16-18/h1-8,15-16H,9-14,17H2,(H,25,29)/b20-15+. The van der Waals surface area contributed by atoms with Gasteiger partial charge in [-0.2, -0.15) is 0 Å². The third-order valence-electron chi connectivity index (χ3n) is 5.37. The fraction of sp³-hybridized carbons (Fsp3) is 0.304. The highest BCUT2D eigenvalue weighted by Gasteiger charge is 2.34. The molecule has 0 atom stereocenters. The summed E-state index contributed by atoms with van der Waals surface area (Å²) in [4.78, 5) is 47.0. The summed E-state index contributed by atoms with van der Waals surface area (Å²) in [5.41, 5.74) is 1.96. The lowest BCUT2D eigenvalue weighted by Crippen LogP contribution is -2.50. The predicted molar refractivity (Wildman–Crippen MR) is 125 cm³/mol. The van der Waals surface area contributed by atoms with E-state index in [9.17, 15) is 14.4 Å². The SMILES string of the molecule is O=C(CN1CCN(c2ccccc2)CC1)NCCN1C(=O)S/C(=C/c2cccnc2)C1=O. The largest absolute Gasteiger partial charge is 0.369 e. The van der Waals surface area contributed by atoms with Crippen LogP contribution in [0.2, 0.25) is 0 Å². The Morgan fingerprint density at radius 1 is 1.06 bits per heavy atom. The van der Waals surface area contributed by atoms with Crippen LogP contribution >= 0.6 is 11.8 Å². The van der Waals surface area contributed by atoms with Gasteiger partial charge in [-0.05, 0) is 41.6 Å². The lowest BCUT2D eigenvalue weighted by atomic mass is 10.2. The number of carbonyl (C=O) groups excluding carboxylic acids is 3. The van der Waals surface area contributed by atoms with Gasteiger partial charge in [0.1, 0.15) is 0 Å². The summed E-state index contributed by atoms with van der Waals surface area (Å²) in [5.74, 6) is -0.439. The minimum Gasteiger partial charge on any atom is -0.369 e. The van der Waals surface area contributed by atoms with Crippen molar-refractivity contribution in [3.05, 3.63) is 65.3 Å². The highest BCUT2D eigenvalue weighted by Crippen LogP contribution is 2.31. The molecule has 3 amide bonds. The number of aromatic nitrogens is 1. The van der Waals surface area contributed by atoms with Gasteiger partial charge in [-0.3, -0.25) is 29.2 Å². The van der Waals surface area contributed by atoms with Crippen LogP contribution < -0.4 is 10.2 Å². The molecule has 2 aromatic rings. The second-order valence-electron chi connectivity index (χ2n) is 7.57. The molecule has 0 saturated carbocycles. The Morgan fingerprint density at radius 3 is 2.56 bits per heavy atom. The van der Waals surface area contributed by atoms with Crippen molar-refractivity contribution in [3.8, 4) is 0 Å². The molecule has 1 aromatic carbocycles. The third-order valence-corrected chi connectivity index (χ3v) is 6.28. The van der Waals surface area contributed by atoms with Gasteiger partial charge in [-0.1, -0.05) is 24.3 Å². The summed E-state index contributed by atoms with van der Waals surface area (Å²) < 4.78 is 0. The molecule has 0 radical (unpaired) electrons. The van der Waals surface area contributed by atoms with Crippen LogP contribution in [0.25, 0.3) is 6.08 Å². The number of hydrogen-bond donors (Lipinski definition) is 1. The second-order valence-corrected chi connectivity index (χ2v) is 8.56. The van der Waals surface area contributed by atoms with E-state index in [-0.39, 0.29) is 30.1 Å². The predicted octanol–water partition coefficient (Wildman–Crippen LogP) is 2.06. The second kappa shape index (κ2) is 10.4. The Kier molecular flexibility index (Phi) is 7.18. The normalized spacial score (nSPS) is 18.4. The number of piperazine rings is 1. The lowest BCUT2D eigenvalue weighted by Gasteiger charge is -2.35. The minimum absolute atomic E-state index is 0.101. The average molecular weight is 452 g/mol. The van der Waals surface area contributed by atoms with Gasteiger partial charge in [0.15, 0.2) is 0 Å². The molecule has 2 fully saturated rings. The van der Waals surface area contributed by atoms with Crippen molar-refractivity contribution < 1.29 is 14.4 Å². The van der Waals surface area contributed by atoms with Crippen molar-refractivity contribution in [2.75, 3.05) is 50.7 Å². The molecule has 3 heterocycles. The zero-order valence-electron chi connectivity index (χ0n) is 17.6. The molecule has 0 spiro atoms. The zero-order valence-corrected chi connectivity index (χ0v) is 18.5. The van der Waals surface area contributed by atoms with Gasteiger partial charge in [0.05, 0.1) is 11.4 Å². The minimum atomic E-state index is -0.338. The zero-order chi connectivity index (χ0) is 22.3. The maximum atomic E-state index is 12.5. The van der Waals surface area contributed by atoms with Crippen LogP contribution in [0.4, 0.5) is 10.5 Å². The Labute approximate surface area is 191 Å². The van der Waals surface area contributed by atoms with Crippen molar-refractivity contribution in [3.63, 3.8) is 0 Å². The smallest absolute Gasteiger partial charge is 0.293 e. The van der Waals surface area contributed by atoms with E-state index in [2.05, 4.69) is 32.2 Å². The van der Waals surface area contributed by atoms with Gasteiger partial charge >= 0.3 is 0 Å². The topological polar surface area (TPSA) is 85.8 Å². The molecular formula is C23H25N5O3S. The number of pyridine rings is 1. The Hall–Kier alpha value is -3.17. The summed E-state index contributed by atoms with van der Waals surface area (Å²) in [6.07, 6.45) is 4.94. The number of nitrogens with one attached hydrogen (secondary N) is 1. The van der Waals surface area contributed by atoms with Crippen molar-refractivity contribution in [1.29, 1.82) is 0 Å². The molecule has 1 N–H and O–H groups in total. The quantitative estimate of drug-likeness (QED) is 0.645. The number of carbonyl (C=O) groups is 3. The monoisotopic (exact) mass is 451 g/mol. The van der Waals surface area contributed by atoms with Crippen LogP contribution in [0.3, 0.4) is 0 Å². The molecule has 4 rings (SSSR count). The van der Waals surface area contributed by atoms with E-state index >= 15 is 0 Å². The number of thioether (sulfide) groups is 1. The van der Waals surface area contributed by atoms with Crippen molar-refractivity contribution in [2.24, 2.45) is 0 Å². The molecule has 166 valence electrons. The summed E-state index contributed by atoms with van der Waals surface area (Å²) in [5, 5.41) is 2.50. The van der Waals surface area contributed by atoms with Crippen LogP contribution in [0.5, 0.6) is 0 Å². The van der Waals surface area contributed by atoms with Gasteiger partial charge < -0.3 is 10.2 Å². The van der Waals surface area contributed by atoms with Crippen LogP contribution in [-0.2, 0) is 9.59 Å². The van der Waals surface area contributed by atoms with Gasteiger partial charge in [0.2, 0.25) is 5.91 Å². The molecule has 2 aliphatic heterocycles. The number of nitrogens with zero attached hydrogens (tertiary/aromatic N) is 4. The molecule has 0 bridgehead atoms. The van der Waals surface area contributed by atoms with E-state index in [1.165, 1.54) is 10.6 Å². The number of benzene rings is 1. The molecule has 1 aromatic heterocycles. The molecule has 0 aliphatic carbocycles. The molecular weight excluding hydrogens is 426 g/mol. The molecule has 2 saturated heterocycles. The first-order valence-corrected chi connectivity index (χ1v) is 11.4. The van der Waals surface area contributed by atoms with Crippen LogP contribution in [0.15, 0.2) is 59.8 Å². The highest BCUT2D eigenvalue weighted by molar-refractivity contribution is 8.18. The van der Waals surface area contributed by atoms with Gasteiger partial charge in [0, 0.05) is 57.3 Å². The van der Waals surface area contributed by atoms with Crippen molar-refractivity contribution in [1.82, 2.24) is 20.1 Å². The van der Waals surface area contributed by atoms with E-state index < -0.39 is 0 Å². The number of imide groups is 1. The number of amides is 3. The Morgan fingerprint density at radius 2 is 1.84 bits per heavy atom. The Balaban J connectivity index is 1.19. The number of anilines is 1. The van der Waals surface area contributed by atoms with Gasteiger partial charge in [0.25, 0.3) is 11.1 Å². The maximum absolute atomic E-state index is 12.5. The number of para-hydroxylation sites is 1. The third kappa shape index (κ3) is 5.54. The number of hydrogen-bond acceptors (Lipinski definition) is 7. The molecule has 32 heavy (non-hydrogen) atoms. The van der Waals surface area contributed by atoms with Crippen LogP contribution in [0.1, 0.15) is 5.56 Å². The molecule has 9 heteroatoms. The maximum Gasteiger partial charge on any atom is 0.293 e. The lowest BCUT2D eigenvalue weighted by molar-refractivity contribution is -0.124. The average Bonchev–Trinajstić information content (AvgIpc) is 3.08. The van der Waals surface area contributed by atoms with E-state index in [1.54, 1.807) is 24.5 Å². The van der Waals surface area contributed by atoms with Crippen LogP contribution in [0, 0.1) is 0 Å². The fourth-order valence-corrected chi connectivity index (χ4v) is 4.54. The first-order chi connectivity index (χ1) is 15.6. The highest BCUT2D eigenvalue weighted by atomic mass is 32.2. The summed E-state index contributed by atoms with van der Waals surface area (Å²) in [6, 6.07) is 13.8. The Bertz CT molecular complexity index is 991. The van der Waals surface area contributed by atoms with E-state index in [0.29, 0.717) is 11.4 Å². The van der Waals surface area contributed by atoms with Crippen molar-refractivity contribution >= 4 is 40.6 Å². The van der Waals surface area contributed by atoms with Crippen LogP contribution in [-0.4, -0.2) is 77.7 Å². The summed E-state index contributed by atoms with van der Waals surface area (Å²) in [7, 11) is 0. The van der Waals surface area contributed by atoms with E-state index in [1.807, 2.05) is 24.3 Å². The number of rotatable bonds is 7. The van der Waals surface area contributed by atoms with Gasteiger partial charge in [-0.25, -0.2) is 0 Å². The molecule has 2 aliphatic rings. The van der Waals surface area contributed by atoms with Gasteiger partial charge in [-0.15, -0.1) is 0 Å². The fourth-order valence-electron chi connectivity index (χ4n) is 3.67. The molecule has 8 nitrogen and oxygen atoms in total. The molecule has 0 unspecified atom stereocenters. The van der Waals surface area contributed by atoms with E-state index in [0.717, 1.165) is 43.5 Å². The first-order valence-electron chi connectivity index (χ1n) is 10.5. The van der Waals surface area contributed by atoms with Crippen molar-refractivity contribution in [2.45, 2.75) is 0 Å². The van der Waals surface area contributed by atoms with E-state index in [4.69, 9.17) is 0 Å². The summed E-state index contributed by atoms with van der Waals surface area (Å²) >= 11 is 0.907.